The molecule has 1 N–H and O–H groups in total. The Balaban J connectivity index is 0.000000137. The van der Waals surface area contributed by atoms with Crippen LogP contribution in [0.3, 0.4) is 0 Å². The van der Waals surface area contributed by atoms with E-state index in [4.69, 9.17) is 28.2 Å². The Labute approximate surface area is 803 Å². The SMILES string of the molecule is CC(C)(C)c1cc(C(C)(C)C)c(S(=O)(=O)[O-])c(C(C)(C)C)c1.CCOc1cccc(-[s+]2c3ccccc3c(=O)c3ccccc32)c1.COc1cccc(-[s+]2c3ccccc3c3ccccc32)c1.COc1cccc([S+](c2cccc(OC)c2)c2cccc(OC)c2)c1.O=C(OCC12CC3CC(CC(C3)C1)C2)C(F)(F)S(=O)(=O)O.O=S(=O)([O-])c1cc(C2CCCCC2)ccc1C1CCCCC1. The van der Waals surface area contributed by atoms with Gasteiger partial charge in [0.25, 0.3) is 0 Å². The molecule has 6 aliphatic carbocycles. The average Bonchev–Trinajstić information content (AvgIpc) is 1.66. The smallest absolute Gasteiger partial charge is 0.465 e. The second kappa shape index (κ2) is 43.3. The minimum absolute atomic E-state index is 0.0324. The summed E-state index contributed by atoms with van der Waals surface area (Å²) in [6, 6.07) is 84.0. The molecule has 0 amide bonds. The number of ether oxygens (including phenoxy) is 6. The summed E-state index contributed by atoms with van der Waals surface area (Å²) in [6.07, 6.45) is 17.4. The molecule has 0 spiro atoms. The molecule has 11 aromatic carbocycles. The summed E-state index contributed by atoms with van der Waals surface area (Å²) in [5.74, 6) is 4.52. The normalized spacial score (nSPS) is 17.5. The molecule has 0 unspecified atom stereocenters. The average molecular weight is 1950 g/mol. The molecule has 6 saturated carbocycles. The number of thiophene rings is 1. The van der Waals surface area contributed by atoms with E-state index < -0.39 is 52.4 Å². The van der Waals surface area contributed by atoms with E-state index in [1.54, 1.807) is 34.5 Å². The molecule has 0 aliphatic heterocycles. The van der Waals surface area contributed by atoms with Crippen LogP contribution in [-0.4, -0.2) is 91.8 Å². The Bertz CT molecular complexity index is 6500. The predicted molar refractivity (Wildman–Crippen MR) is 540 cm³/mol. The van der Waals surface area contributed by atoms with Crippen LogP contribution >= 0.6 is 20.9 Å². The number of halogens is 2. The summed E-state index contributed by atoms with van der Waals surface area (Å²) in [5, 5.41) is -0.559. The van der Waals surface area contributed by atoms with E-state index in [0.29, 0.717) is 41.4 Å². The lowest BCUT2D eigenvalue weighted by atomic mass is 9.50. The minimum atomic E-state index is -5.79. The molecule has 25 heteroatoms. The number of hydrogen-bond acceptors (Lipinski definition) is 16. The van der Waals surface area contributed by atoms with Crippen LogP contribution in [-0.2, 0) is 67.0 Å². The zero-order valence-corrected chi connectivity index (χ0v) is 84.4. The van der Waals surface area contributed by atoms with E-state index in [1.807, 2.05) is 158 Å². The highest BCUT2D eigenvalue weighted by Crippen LogP contribution is 2.61. The number of alkyl halides is 2. The molecular formula is C110H125F2O17S6+. The number of methoxy groups -OCH3 is 4. The zero-order chi connectivity index (χ0) is 97.2. The lowest BCUT2D eigenvalue weighted by Gasteiger charge is -2.56. The Morgan fingerprint density at radius 1 is 0.444 bits per heavy atom. The van der Waals surface area contributed by atoms with Gasteiger partial charge in [0.2, 0.25) is 5.43 Å². The van der Waals surface area contributed by atoms with E-state index in [2.05, 4.69) is 159 Å². The van der Waals surface area contributed by atoms with Gasteiger partial charge in [0.15, 0.2) is 43.3 Å². The number of benzene rings is 11. The molecule has 13 aromatic rings. The maximum Gasteiger partial charge on any atom is 0.465 e. The van der Waals surface area contributed by atoms with Crippen molar-refractivity contribution in [1.82, 2.24) is 0 Å². The third kappa shape index (κ3) is 24.6. The number of fused-ring (bicyclic) bond motifs is 5. The first-order chi connectivity index (χ1) is 64.0. The number of carbonyl (C=O) groups excluding carboxylic acids is 1. The van der Waals surface area contributed by atoms with E-state index in [0.717, 1.165) is 143 Å². The van der Waals surface area contributed by atoms with Crippen molar-refractivity contribution in [2.75, 3.05) is 41.7 Å². The van der Waals surface area contributed by atoms with E-state index in [-0.39, 0.29) is 70.4 Å². The van der Waals surface area contributed by atoms with Crippen molar-refractivity contribution >= 4 is 109 Å². The maximum atomic E-state index is 13.2. The van der Waals surface area contributed by atoms with Crippen molar-refractivity contribution in [3.8, 4) is 38.5 Å². The van der Waals surface area contributed by atoms with Gasteiger partial charge in [0.1, 0.15) is 49.0 Å². The fourth-order valence-electron chi connectivity index (χ4n) is 20.0. The fraction of sp³-hybridized carbons (Fsp3) is 0.382. The molecule has 716 valence electrons. The Morgan fingerprint density at radius 3 is 1.19 bits per heavy atom. The molecule has 0 atom stereocenters. The molecular weight excluding hydrogens is 1820 g/mol. The number of esters is 1. The predicted octanol–water partition coefficient (Wildman–Crippen LogP) is 27.4. The van der Waals surface area contributed by atoms with Gasteiger partial charge in [-0.25, -0.2) is 21.6 Å². The molecule has 4 bridgehead atoms. The summed E-state index contributed by atoms with van der Waals surface area (Å²) in [5.41, 5.74) is 2.97. The van der Waals surface area contributed by atoms with Crippen LogP contribution in [0, 0.1) is 23.2 Å². The van der Waals surface area contributed by atoms with Gasteiger partial charge in [-0.1, -0.05) is 204 Å². The molecule has 6 aliphatic rings. The first-order valence-corrected chi connectivity index (χ1v) is 54.2. The van der Waals surface area contributed by atoms with Crippen molar-refractivity contribution in [3.63, 3.8) is 0 Å². The molecule has 19 rings (SSSR count). The first kappa shape index (κ1) is 102. The van der Waals surface area contributed by atoms with E-state index >= 15 is 0 Å². The summed E-state index contributed by atoms with van der Waals surface area (Å²) < 4.78 is 164. The first-order valence-electron chi connectivity index (χ1n) is 46.3. The number of carbonyl (C=O) groups is 1. The fourth-order valence-corrected chi connectivity index (χ4v) is 29.3. The zero-order valence-electron chi connectivity index (χ0n) is 79.5. The van der Waals surface area contributed by atoms with Gasteiger partial charge in [-0.15, -0.1) is 0 Å². The lowest BCUT2D eigenvalue weighted by Crippen LogP contribution is -2.49. The lowest BCUT2D eigenvalue weighted by molar-refractivity contribution is -0.172. The monoisotopic (exact) mass is 1950 g/mol. The molecule has 17 nitrogen and oxygen atoms in total. The summed E-state index contributed by atoms with van der Waals surface area (Å²) in [7, 11) is -8.55. The quantitative estimate of drug-likeness (QED) is 0.0341. The second-order valence-electron chi connectivity index (χ2n) is 38.9. The van der Waals surface area contributed by atoms with Gasteiger partial charge in [-0.05, 0) is 260 Å². The highest BCUT2D eigenvalue weighted by molar-refractivity contribution is 7.97. The topological polar surface area (TPSA) is 258 Å². The van der Waals surface area contributed by atoms with E-state index in [9.17, 15) is 52.7 Å². The third-order valence-corrected chi connectivity index (χ3v) is 35.6. The van der Waals surface area contributed by atoms with Crippen LogP contribution < -0.4 is 29.1 Å². The van der Waals surface area contributed by atoms with Gasteiger partial charge in [0.05, 0.1) is 73.1 Å². The summed E-state index contributed by atoms with van der Waals surface area (Å²) >= 11 is 0. The Kier molecular flexibility index (Phi) is 32.8. The molecule has 0 radical (unpaired) electrons. The van der Waals surface area contributed by atoms with Crippen molar-refractivity contribution < 1.29 is 80.9 Å². The summed E-state index contributed by atoms with van der Waals surface area (Å²) in [4.78, 5) is 30.2. The minimum Gasteiger partial charge on any atom is -0.744 e. The van der Waals surface area contributed by atoms with Crippen LogP contribution in [0.15, 0.2) is 278 Å². The molecule has 2 aromatic heterocycles. The number of rotatable bonds is 19. The van der Waals surface area contributed by atoms with Crippen LogP contribution in [0.4, 0.5) is 8.78 Å². The Morgan fingerprint density at radius 2 is 0.815 bits per heavy atom. The summed E-state index contributed by atoms with van der Waals surface area (Å²) in [6.45, 7) is 20.4. The van der Waals surface area contributed by atoms with Crippen molar-refractivity contribution in [2.24, 2.45) is 23.2 Å². The molecule has 135 heavy (non-hydrogen) atoms. The third-order valence-electron chi connectivity index (χ3n) is 26.2. The molecule has 0 saturated heterocycles. The van der Waals surface area contributed by atoms with Crippen molar-refractivity contribution in [2.45, 2.75) is 230 Å². The number of hydrogen-bond donors (Lipinski definition) is 1. The van der Waals surface area contributed by atoms with Crippen LogP contribution in [0.25, 0.3) is 50.1 Å². The van der Waals surface area contributed by atoms with Crippen LogP contribution in [0.2, 0.25) is 0 Å². The van der Waals surface area contributed by atoms with Gasteiger partial charge in [-0.3, -0.25) is 9.35 Å². The van der Waals surface area contributed by atoms with Gasteiger partial charge < -0.3 is 37.5 Å². The molecule has 6 fully saturated rings. The van der Waals surface area contributed by atoms with Crippen LogP contribution in [0.1, 0.15) is 212 Å². The van der Waals surface area contributed by atoms with Crippen LogP contribution in [0.5, 0.6) is 28.7 Å². The van der Waals surface area contributed by atoms with Crippen molar-refractivity contribution in [1.29, 1.82) is 0 Å². The van der Waals surface area contributed by atoms with Gasteiger partial charge in [0, 0.05) is 67.5 Å². The highest BCUT2D eigenvalue weighted by atomic mass is 32.2. The highest BCUT2D eigenvalue weighted by Gasteiger charge is 2.57. The maximum absolute atomic E-state index is 13.2. The van der Waals surface area contributed by atoms with Gasteiger partial charge in [-0.2, -0.15) is 17.2 Å². The standard InChI is InChI=1S/C21H21O3S.C21H17O2S.C19H15OS.C18H26O3S.C18H30O3S.C13H18F2O5S/c1-22-16-7-4-10-19(13-16)25(20-11-5-8-17(14-20)23-2)21-12-6-9-18(15-21)24-3;1-2-23-15-8-7-9-16(14-15)24-19-12-5-3-10-17(19)21(22)18-11-4-6-13-20(18)24;1-20-14-7-6-8-15(13-14)21-18-11-4-2-9-16(18)17-10-3-5-12-19(17)21;19-22(20,21)18-13-16(14-7-3-1-4-8-14)11-12-17(18)15-9-5-2-6-10-15;1-16(2,3)12-10-13(17(4,5)6)15(22(19,20)21)14(11-12)18(7,8)9;14-13(15,21(17,18)19)11(16)20-7-12-4-8-1-9(5-12)3-10(2-8)6-12/h4-15H,1-3H3;3-14H,2H2,1H3;2-13H,1H3;11-15H,1-10H2,(H,19,20,21);10-11H,1-9H3,(H,19,20,21);8-10H,1-7H2,(H,17,18,19)/q3*+1;;;/p-2. The van der Waals surface area contributed by atoms with E-state index in [1.165, 1.54) is 70.3 Å². The van der Waals surface area contributed by atoms with Gasteiger partial charge >= 0.3 is 21.3 Å². The molecule has 2 heterocycles. The largest absolute Gasteiger partial charge is 0.744 e. The van der Waals surface area contributed by atoms with Crippen molar-refractivity contribution in [3.05, 3.63) is 287 Å². The Hall–Kier alpha value is -10.1. The second-order valence-corrected chi connectivity index (χ2v) is 48.9.